The van der Waals surface area contributed by atoms with Gasteiger partial charge in [-0.05, 0) is 25.1 Å². The lowest BCUT2D eigenvalue weighted by Gasteiger charge is -2.10. The fourth-order valence-corrected chi connectivity index (χ4v) is 2.72. The molecule has 0 bridgehead atoms. The van der Waals surface area contributed by atoms with E-state index in [9.17, 15) is 13.6 Å². The summed E-state index contributed by atoms with van der Waals surface area (Å²) in [6, 6.07) is 12.3. The topological polar surface area (TPSA) is 75.1 Å². The van der Waals surface area contributed by atoms with E-state index in [1.54, 1.807) is 6.07 Å². The van der Waals surface area contributed by atoms with Crippen molar-refractivity contribution in [2.45, 2.75) is 6.92 Å². The van der Waals surface area contributed by atoms with E-state index in [-0.39, 0.29) is 11.6 Å². The molecule has 0 saturated heterocycles. The summed E-state index contributed by atoms with van der Waals surface area (Å²) in [5.41, 5.74) is 2.40. The Morgan fingerprint density at radius 3 is 2.58 bits per heavy atom. The van der Waals surface area contributed by atoms with Gasteiger partial charge in [-0.3, -0.25) is 0 Å². The van der Waals surface area contributed by atoms with Gasteiger partial charge >= 0.3 is 5.69 Å². The number of aromatic amines is 1. The lowest BCUT2D eigenvalue weighted by molar-refractivity contribution is 0.584. The number of aromatic nitrogens is 4. The molecule has 2 aromatic heterocycles. The van der Waals surface area contributed by atoms with Gasteiger partial charge in [0.1, 0.15) is 11.6 Å². The predicted molar refractivity (Wildman–Crippen MR) is 93.4 cm³/mol. The predicted octanol–water partition coefficient (Wildman–Crippen LogP) is 3.41. The van der Waals surface area contributed by atoms with Crippen molar-refractivity contribution in [3.8, 4) is 11.3 Å². The molecule has 0 aliphatic carbocycles. The van der Waals surface area contributed by atoms with Crippen molar-refractivity contribution in [2.24, 2.45) is 0 Å². The average Bonchev–Trinajstić information content (AvgIpc) is 2.95. The second kappa shape index (κ2) is 6.07. The van der Waals surface area contributed by atoms with Crippen LogP contribution in [-0.4, -0.2) is 19.6 Å². The monoisotopic (exact) mass is 353 g/mol. The molecular formula is C18H13F2N5O. The van der Waals surface area contributed by atoms with E-state index in [1.807, 2.05) is 31.2 Å². The lowest BCUT2D eigenvalue weighted by Crippen LogP contribution is -2.14. The SMILES string of the molecule is Cc1cccc(-c2cc3n[nH]c(=O)n3c(Nc3cc(F)cc(F)c3)n2)c1. The summed E-state index contributed by atoms with van der Waals surface area (Å²) in [5.74, 6) is -1.38. The third-order valence-corrected chi connectivity index (χ3v) is 3.83. The van der Waals surface area contributed by atoms with E-state index < -0.39 is 17.3 Å². The third kappa shape index (κ3) is 2.92. The van der Waals surface area contributed by atoms with Gasteiger partial charge in [0.25, 0.3) is 0 Å². The van der Waals surface area contributed by atoms with Gasteiger partial charge in [-0.25, -0.2) is 28.1 Å². The Morgan fingerprint density at radius 1 is 1.08 bits per heavy atom. The van der Waals surface area contributed by atoms with Crippen LogP contribution in [0.4, 0.5) is 20.4 Å². The molecule has 4 aromatic rings. The molecule has 6 nitrogen and oxygen atoms in total. The highest BCUT2D eigenvalue weighted by molar-refractivity contribution is 5.68. The van der Waals surface area contributed by atoms with Crippen molar-refractivity contribution >= 4 is 17.3 Å². The number of fused-ring (bicyclic) bond motifs is 1. The summed E-state index contributed by atoms with van der Waals surface area (Å²) < 4.78 is 28.1. The number of benzene rings is 2. The average molecular weight is 353 g/mol. The Bertz CT molecular complexity index is 1160. The Balaban J connectivity index is 1.89. The highest BCUT2D eigenvalue weighted by Gasteiger charge is 2.13. The molecule has 0 atom stereocenters. The van der Waals surface area contributed by atoms with Gasteiger partial charge in [0.15, 0.2) is 5.65 Å². The van der Waals surface area contributed by atoms with Crippen molar-refractivity contribution in [1.29, 1.82) is 0 Å². The van der Waals surface area contributed by atoms with E-state index >= 15 is 0 Å². The number of H-pyrrole nitrogens is 1. The maximum atomic E-state index is 13.5. The molecule has 0 saturated carbocycles. The first-order valence-electron chi connectivity index (χ1n) is 7.78. The number of rotatable bonds is 3. The van der Waals surface area contributed by atoms with Crippen LogP contribution in [0.2, 0.25) is 0 Å². The van der Waals surface area contributed by atoms with Crippen LogP contribution in [-0.2, 0) is 0 Å². The van der Waals surface area contributed by atoms with Crippen LogP contribution in [0.1, 0.15) is 5.56 Å². The molecule has 2 heterocycles. The summed E-state index contributed by atoms with van der Waals surface area (Å²) >= 11 is 0. The third-order valence-electron chi connectivity index (χ3n) is 3.83. The van der Waals surface area contributed by atoms with Crippen LogP contribution in [0, 0.1) is 18.6 Å². The minimum Gasteiger partial charge on any atom is -0.325 e. The standard InChI is InChI=1S/C18H13F2N5O/c1-10-3-2-4-11(5-10)15-9-16-23-24-18(26)25(16)17(22-15)21-14-7-12(19)6-13(20)8-14/h2-9H,1H3,(H,21,22)(H,24,26). The number of hydrogen-bond donors (Lipinski definition) is 2. The number of nitrogens with one attached hydrogen (secondary N) is 2. The quantitative estimate of drug-likeness (QED) is 0.592. The van der Waals surface area contributed by atoms with Gasteiger partial charge in [-0.1, -0.05) is 23.8 Å². The minimum atomic E-state index is -0.738. The van der Waals surface area contributed by atoms with Crippen molar-refractivity contribution in [1.82, 2.24) is 19.6 Å². The van der Waals surface area contributed by atoms with Gasteiger partial charge in [0, 0.05) is 23.4 Å². The number of anilines is 2. The van der Waals surface area contributed by atoms with Crippen molar-refractivity contribution in [2.75, 3.05) is 5.32 Å². The van der Waals surface area contributed by atoms with E-state index in [4.69, 9.17) is 0 Å². The molecular weight excluding hydrogens is 340 g/mol. The summed E-state index contributed by atoms with van der Waals surface area (Å²) in [7, 11) is 0. The zero-order valence-corrected chi connectivity index (χ0v) is 13.6. The van der Waals surface area contributed by atoms with Crippen LogP contribution in [0.15, 0.2) is 53.3 Å². The van der Waals surface area contributed by atoms with Crippen LogP contribution in [0.3, 0.4) is 0 Å². The smallest absolute Gasteiger partial charge is 0.325 e. The molecule has 0 amide bonds. The van der Waals surface area contributed by atoms with E-state index in [1.165, 1.54) is 4.40 Å². The summed E-state index contributed by atoms with van der Waals surface area (Å²) in [6.07, 6.45) is 0. The molecule has 2 N–H and O–H groups in total. The first-order valence-corrected chi connectivity index (χ1v) is 7.78. The molecule has 0 aliphatic heterocycles. The number of aryl methyl sites for hydroxylation is 1. The molecule has 0 aliphatic rings. The number of hydrogen-bond acceptors (Lipinski definition) is 4. The van der Waals surface area contributed by atoms with Gasteiger partial charge in [-0.2, -0.15) is 5.10 Å². The maximum absolute atomic E-state index is 13.5. The van der Waals surface area contributed by atoms with E-state index in [2.05, 4.69) is 20.5 Å². The van der Waals surface area contributed by atoms with E-state index in [0.717, 1.165) is 29.3 Å². The van der Waals surface area contributed by atoms with Gasteiger partial charge in [-0.15, -0.1) is 0 Å². The van der Waals surface area contributed by atoms with Crippen molar-refractivity contribution in [3.05, 3.63) is 76.2 Å². The molecule has 0 fully saturated rings. The Morgan fingerprint density at radius 2 is 1.85 bits per heavy atom. The second-order valence-corrected chi connectivity index (χ2v) is 5.84. The first kappa shape index (κ1) is 15.9. The molecule has 4 rings (SSSR count). The van der Waals surface area contributed by atoms with E-state index in [0.29, 0.717) is 11.3 Å². The van der Waals surface area contributed by atoms with Gasteiger partial charge < -0.3 is 5.32 Å². The summed E-state index contributed by atoms with van der Waals surface area (Å²) in [5, 5.41) is 9.10. The number of halogens is 2. The molecule has 0 radical (unpaired) electrons. The Labute approximate surface area is 146 Å². The molecule has 26 heavy (non-hydrogen) atoms. The van der Waals surface area contributed by atoms with Gasteiger partial charge in [0.05, 0.1) is 5.69 Å². The molecule has 2 aromatic carbocycles. The van der Waals surface area contributed by atoms with Crippen molar-refractivity contribution in [3.63, 3.8) is 0 Å². The zero-order valence-electron chi connectivity index (χ0n) is 13.6. The zero-order chi connectivity index (χ0) is 18.3. The van der Waals surface area contributed by atoms with Crippen LogP contribution >= 0.6 is 0 Å². The second-order valence-electron chi connectivity index (χ2n) is 5.84. The highest BCUT2D eigenvalue weighted by atomic mass is 19.1. The minimum absolute atomic E-state index is 0.0998. The fraction of sp³-hybridized carbons (Fsp3) is 0.0556. The molecule has 0 spiro atoms. The largest absolute Gasteiger partial charge is 0.350 e. The lowest BCUT2D eigenvalue weighted by atomic mass is 10.1. The molecule has 0 unspecified atom stereocenters. The Hall–Kier alpha value is -3.55. The van der Waals surface area contributed by atoms with Crippen LogP contribution < -0.4 is 11.0 Å². The maximum Gasteiger partial charge on any atom is 0.350 e. The highest BCUT2D eigenvalue weighted by Crippen LogP contribution is 2.23. The molecule has 130 valence electrons. The fourth-order valence-electron chi connectivity index (χ4n) is 2.72. The number of nitrogens with zero attached hydrogens (tertiary/aromatic N) is 3. The van der Waals surface area contributed by atoms with Crippen LogP contribution in [0.5, 0.6) is 0 Å². The normalized spacial score (nSPS) is 11.0. The Kier molecular flexibility index (Phi) is 3.72. The van der Waals surface area contributed by atoms with Crippen LogP contribution in [0.25, 0.3) is 16.9 Å². The summed E-state index contributed by atoms with van der Waals surface area (Å²) in [4.78, 5) is 16.5. The first-order chi connectivity index (χ1) is 12.5. The van der Waals surface area contributed by atoms with Gasteiger partial charge in [0.2, 0.25) is 5.95 Å². The molecule has 8 heteroatoms. The van der Waals surface area contributed by atoms with Crippen molar-refractivity contribution < 1.29 is 8.78 Å². The summed E-state index contributed by atoms with van der Waals surface area (Å²) in [6.45, 7) is 1.95.